The highest BCUT2D eigenvalue weighted by molar-refractivity contribution is 7.18. The number of hydrogen-bond donors (Lipinski definition) is 5. The minimum Gasteiger partial charge on any atom is -0.507 e. The van der Waals surface area contributed by atoms with Crippen LogP contribution in [0, 0.1) is 11.3 Å². The fraction of sp³-hybridized carbons (Fsp3) is 0.500. The zero-order chi connectivity index (χ0) is 46.1. The number of halogens is 3. The van der Waals surface area contributed by atoms with E-state index in [2.05, 4.69) is 32.9 Å². The number of phenols is 1. The predicted molar refractivity (Wildman–Crippen MR) is 235 cm³/mol. The van der Waals surface area contributed by atoms with Crippen molar-refractivity contribution in [1.82, 2.24) is 25.1 Å². The Balaban J connectivity index is 0.000000191. The second-order valence-electron chi connectivity index (χ2n) is 18.1. The van der Waals surface area contributed by atoms with Crippen LogP contribution in [-0.2, 0) is 21.4 Å². The van der Waals surface area contributed by atoms with Gasteiger partial charge in [-0.3, -0.25) is 24.1 Å². The van der Waals surface area contributed by atoms with Gasteiger partial charge >= 0.3 is 6.18 Å². The summed E-state index contributed by atoms with van der Waals surface area (Å²) in [5, 5.41) is 30.3. The van der Waals surface area contributed by atoms with Gasteiger partial charge < -0.3 is 35.9 Å². The van der Waals surface area contributed by atoms with Gasteiger partial charge in [0, 0.05) is 56.0 Å². The van der Waals surface area contributed by atoms with E-state index in [1.54, 1.807) is 43.4 Å². The van der Waals surface area contributed by atoms with Gasteiger partial charge in [0.2, 0.25) is 5.91 Å². The number of amides is 4. The standard InChI is InChI=1S/C23H24F3N3O2S.C23H30N4O5/c1-22(2,31)14-11-17-18(32-21(29-17)13-7-4-3-5-8-13)12-16(14)28-20(30)15-9-6-10-19(27-15)23(24,25)26;1-24-18(30)6-3-15(11-28)27-21(31)19-16(4-5-17(29)20(19)22(27)32)25-8-7-14-9-23(10-14)12-26(2)13-23/h6,9-13,31H,3-5,7-8H2,1-2H3,(H,28,30);4-5,11,14-15,25,29H,3,6-10,12-13H2,1-2H3,(H,24,30). The number of pyridine rings is 1. The lowest BCUT2D eigenvalue weighted by Gasteiger charge is -2.58. The number of aldehydes is 1. The smallest absolute Gasteiger partial charge is 0.433 e. The molecule has 18 heteroatoms. The Kier molecular flexibility index (Phi) is 13.5. The number of hydrogen-bond acceptors (Lipinski definition) is 12. The number of rotatable bonds is 13. The molecule has 8 rings (SSSR count). The number of alkyl halides is 3. The number of carbonyl (C=O) groups excluding carboxylic acids is 5. The molecule has 2 aromatic heterocycles. The molecule has 1 unspecified atom stereocenters. The average molecular weight is 906 g/mol. The molecule has 0 bridgehead atoms. The van der Waals surface area contributed by atoms with Crippen LogP contribution >= 0.6 is 11.3 Å². The van der Waals surface area contributed by atoms with Crippen molar-refractivity contribution in [2.45, 2.75) is 102 Å². The summed E-state index contributed by atoms with van der Waals surface area (Å²) >= 11 is 1.56. The predicted octanol–water partition coefficient (Wildman–Crippen LogP) is 7.46. The Morgan fingerprint density at radius 1 is 1.00 bits per heavy atom. The van der Waals surface area contributed by atoms with E-state index in [9.17, 15) is 47.4 Å². The molecule has 2 saturated carbocycles. The van der Waals surface area contributed by atoms with Crippen molar-refractivity contribution < 1.29 is 47.4 Å². The minimum absolute atomic E-state index is 0.00305. The summed E-state index contributed by atoms with van der Waals surface area (Å²) in [5.74, 6) is -1.63. The number of nitrogens with zero attached hydrogens (tertiary/aromatic N) is 4. The molecule has 4 heterocycles. The van der Waals surface area contributed by atoms with Crippen LogP contribution in [0.2, 0.25) is 0 Å². The highest BCUT2D eigenvalue weighted by Gasteiger charge is 2.50. The van der Waals surface area contributed by atoms with E-state index in [4.69, 9.17) is 4.98 Å². The minimum atomic E-state index is -4.65. The molecule has 1 saturated heterocycles. The molecule has 4 aromatic rings. The maximum atomic E-state index is 13.1. The number of likely N-dealkylation sites (tertiary alicyclic amines) is 1. The quantitative estimate of drug-likeness (QED) is 0.0508. The van der Waals surface area contributed by atoms with Gasteiger partial charge in [0.1, 0.15) is 23.4 Å². The highest BCUT2D eigenvalue weighted by Crippen LogP contribution is 2.52. The van der Waals surface area contributed by atoms with Crippen molar-refractivity contribution in [1.29, 1.82) is 0 Å². The summed E-state index contributed by atoms with van der Waals surface area (Å²) in [6.07, 6.45) is 5.10. The molecule has 1 atom stereocenters. The third-order valence-electron chi connectivity index (χ3n) is 12.7. The van der Waals surface area contributed by atoms with Crippen molar-refractivity contribution in [3.63, 3.8) is 0 Å². The van der Waals surface area contributed by atoms with Gasteiger partial charge in [-0.1, -0.05) is 25.3 Å². The molecule has 5 N–H and O–H groups in total. The zero-order valence-electron chi connectivity index (χ0n) is 36.3. The van der Waals surface area contributed by atoms with Crippen LogP contribution in [0.3, 0.4) is 0 Å². The van der Waals surface area contributed by atoms with Crippen LogP contribution in [0.4, 0.5) is 24.5 Å². The Morgan fingerprint density at radius 3 is 2.34 bits per heavy atom. The molecule has 1 spiro atoms. The van der Waals surface area contributed by atoms with Crippen molar-refractivity contribution in [2.75, 3.05) is 44.4 Å². The molecule has 2 aromatic carbocycles. The summed E-state index contributed by atoms with van der Waals surface area (Å²) < 4.78 is 39.8. The number of aromatic nitrogens is 2. The van der Waals surface area contributed by atoms with Crippen molar-refractivity contribution in [3.8, 4) is 5.75 Å². The number of benzene rings is 2. The van der Waals surface area contributed by atoms with E-state index < -0.39 is 41.2 Å². The summed E-state index contributed by atoms with van der Waals surface area (Å²) in [5.41, 5.74) is -0.294. The third-order valence-corrected chi connectivity index (χ3v) is 13.9. The topological polar surface area (TPSA) is 194 Å². The monoisotopic (exact) mass is 905 g/mol. The van der Waals surface area contributed by atoms with Gasteiger partial charge in [0.15, 0.2) is 0 Å². The van der Waals surface area contributed by atoms with E-state index >= 15 is 0 Å². The number of fused-ring (bicyclic) bond motifs is 2. The molecule has 4 amide bonds. The number of thiazole rings is 1. The van der Waals surface area contributed by atoms with Crippen LogP contribution in [0.15, 0.2) is 42.5 Å². The molecule has 0 radical (unpaired) electrons. The fourth-order valence-electron chi connectivity index (χ4n) is 9.64. The van der Waals surface area contributed by atoms with E-state index in [0.29, 0.717) is 47.0 Å². The highest BCUT2D eigenvalue weighted by atomic mass is 32.1. The number of nitrogens with one attached hydrogen (secondary N) is 3. The molecular formula is C46H54F3N7O7S. The number of phenolic OH excluding ortho intramolecular Hbond substituents is 1. The van der Waals surface area contributed by atoms with Gasteiger partial charge in [-0.15, -0.1) is 11.3 Å². The van der Waals surface area contributed by atoms with Crippen LogP contribution in [-0.4, -0.2) is 99.7 Å². The van der Waals surface area contributed by atoms with Crippen LogP contribution in [0.1, 0.15) is 131 Å². The second kappa shape index (κ2) is 18.6. The lowest BCUT2D eigenvalue weighted by atomic mass is 9.57. The first-order chi connectivity index (χ1) is 30.3. The largest absolute Gasteiger partial charge is 0.507 e. The average Bonchev–Trinajstić information content (AvgIpc) is 3.77. The maximum absolute atomic E-state index is 13.1. The summed E-state index contributed by atoms with van der Waals surface area (Å²) in [4.78, 5) is 73.4. The van der Waals surface area contributed by atoms with Crippen LogP contribution in [0.5, 0.6) is 5.75 Å². The van der Waals surface area contributed by atoms with Gasteiger partial charge in [-0.2, -0.15) is 13.2 Å². The molecule has 64 heavy (non-hydrogen) atoms. The normalized spacial score (nSPS) is 18.2. The Bertz CT molecular complexity index is 2430. The van der Waals surface area contributed by atoms with Gasteiger partial charge in [-0.05, 0) is 107 Å². The van der Waals surface area contributed by atoms with Crippen LogP contribution < -0.4 is 16.0 Å². The molecular weight excluding hydrogens is 852 g/mol. The molecule has 14 nitrogen and oxygen atoms in total. The SMILES string of the molecule is CC(C)(O)c1cc2nc(C3CCCCC3)sc2cc1NC(=O)c1cccc(C(F)(F)F)n1.CNC(=O)CCC(C=O)N1C(=O)c2c(O)ccc(NCCC3CC4(C3)CN(C)C4)c2C1=O. The Hall–Kier alpha value is -5.46. The number of imide groups is 1. The molecule has 2 aliphatic heterocycles. The van der Waals surface area contributed by atoms with Crippen molar-refractivity contribution in [2.24, 2.45) is 11.3 Å². The van der Waals surface area contributed by atoms with E-state index in [-0.39, 0.29) is 41.3 Å². The van der Waals surface area contributed by atoms with Gasteiger partial charge in [0.05, 0.1) is 38.0 Å². The first-order valence-corrected chi connectivity index (χ1v) is 22.5. The molecule has 4 aliphatic rings. The fourth-order valence-corrected chi connectivity index (χ4v) is 10.8. The number of aromatic hydroxyl groups is 1. The molecule has 2 aliphatic carbocycles. The summed E-state index contributed by atoms with van der Waals surface area (Å²) in [6, 6.07) is 8.57. The number of anilines is 2. The third kappa shape index (κ3) is 9.93. The number of carbonyl (C=O) groups is 5. The first-order valence-electron chi connectivity index (χ1n) is 21.7. The lowest BCUT2D eigenvalue weighted by Crippen LogP contribution is -2.60. The van der Waals surface area contributed by atoms with Gasteiger partial charge in [0.25, 0.3) is 17.7 Å². The van der Waals surface area contributed by atoms with E-state index in [1.807, 2.05) is 0 Å². The molecule has 3 fully saturated rings. The van der Waals surface area contributed by atoms with Crippen LogP contribution in [0.25, 0.3) is 10.2 Å². The lowest BCUT2D eigenvalue weighted by molar-refractivity contribution is -0.141. The van der Waals surface area contributed by atoms with Gasteiger partial charge in [-0.25, -0.2) is 9.97 Å². The summed E-state index contributed by atoms with van der Waals surface area (Å²) in [7, 11) is 3.62. The van der Waals surface area contributed by atoms with Crippen molar-refractivity contribution >= 4 is 62.8 Å². The zero-order valence-corrected chi connectivity index (χ0v) is 37.1. The second-order valence-corrected chi connectivity index (χ2v) is 19.2. The Morgan fingerprint density at radius 2 is 1.70 bits per heavy atom. The Labute approximate surface area is 373 Å². The molecule has 342 valence electrons. The van der Waals surface area contributed by atoms with Crippen molar-refractivity contribution in [3.05, 3.63) is 75.6 Å². The number of aliphatic hydroxyl groups is 1. The van der Waals surface area contributed by atoms with E-state index in [0.717, 1.165) is 51.5 Å². The first kappa shape index (κ1) is 46.5. The van der Waals surface area contributed by atoms with E-state index in [1.165, 1.54) is 64.4 Å². The maximum Gasteiger partial charge on any atom is 0.433 e. The summed E-state index contributed by atoms with van der Waals surface area (Å²) in [6.45, 7) is 6.17.